The molecule has 1 aromatic carbocycles. The van der Waals surface area contributed by atoms with Gasteiger partial charge in [-0.3, -0.25) is 4.79 Å². The minimum Gasteiger partial charge on any atom is -0.379 e. The van der Waals surface area contributed by atoms with Gasteiger partial charge in [-0.15, -0.1) is 0 Å². The SMILES string of the molecule is CCCc1ccc(C(=O)NC2C(C)(C)[C@H]3CC[C@@]2(C)C3)cc1S(=O)(=O)N1CCOCC1. The lowest BCUT2D eigenvalue weighted by Gasteiger charge is -2.43. The fourth-order valence-electron chi connectivity index (χ4n) is 6.21. The van der Waals surface area contributed by atoms with E-state index in [1.807, 2.05) is 13.0 Å². The van der Waals surface area contributed by atoms with Crippen molar-refractivity contribution in [2.75, 3.05) is 26.3 Å². The molecule has 1 aromatic rings. The van der Waals surface area contributed by atoms with Gasteiger partial charge in [0.05, 0.1) is 18.1 Å². The maximum absolute atomic E-state index is 13.4. The molecule has 3 atom stereocenters. The molecule has 2 bridgehead atoms. The van der Waals surface area contributed by atoms with E-state index < -0.39 is 10.0 Å². The first kappa shape index (κ1) is 22.7. The Morgan fingerprint density at radius 3 is 2.55 bits per heavy atom. The molecule has 1 N–H and O–H groups in total. The Kier molecular flexibility index (Phi) is 5.99. The number of aryl methyl sites for hydroxylation is 1. The average molecular weight is 449 g/mol. The van der Waals surface area contributed by atoms with Gasteiger partial charge in [0, 0.05) is 24.7 Å². The maximum atomic E-state index is 13.4. The summed E-state index contributed by atoms with van der Waals surface area (Å²) >= 11 is 0. The van der Waals surface area contributed by atoms with Crippen LogP contribution >= 0.6 is 0 Å². The van der Waals surface area contributed by atoms with E-state index >= 15 is 0 Å². The molecule has 0 aromatic heterocycles. The number of benzene rings is 1. The lowest BCUT2D eigenvalue weighted by Crippen LogP contribution is -2.52. The van der Waals surface area contributed by atoms with Crippen LogP contribution < -0.4 is 5.32 Å². The standard InChI is InChI=1S/C24H36N2O4S/c1-5-6-17-7-8-18(15-20(17)31(28,29)26-11-13-30-14-12-26)21(27)25-22-23(2,3)19-9-10-24(22,4)16-19/h7-8,15,19,22H,5-6,9-14,16H2,1-4H3,(H,25,27)/t19-,22?,24-/m0/s1. The number of hydrogen-bond donors (Lipinski definition) is 1. The zero-order valence-corrected chi connectivity index (χ0v) is 20.1. The summed E-state index contributed by atoms with van der Waals surface area (Å²) in [6.45, 7) is 10.3. The first-order valence-corrected chi connectivity index (χ1v) is 13.1. The molecule has 1 amide bonds. The molecule has 2 saturated carbocycles. The van der Waals surface area contributed by atoms with Crippen LogP contribution in [0.4, 0.5) is 0 Å². The number of fused-ring (bicyclic) bond motifs is 2. The molecule has 0 radical (unpaired) electrons. The molecule has 7 heteroatoms. The Hall–Kier alpha value is -1.44. The van der Waals surface area contributed by atoms with E-state index in [9.17, 15) is 13.2 Å². The highest BCUT2D eigenvalue weighted by atomic mass is 32.2. The van der Waals surface area contributed by atoms with Crippen LogP contribution in [0.15, 0.2) is 23.1 Å². The second kappa shape index (κ2) is 8.16. The smallest absolute Gasteiger partial charge is 0.251 e. The van der Waals surface area contributed by atoms with Gasteiger partial charge < -0.3 is 10.1 Å². The number of morpholine rings is 1. The van der Waals surface area contributed by atoms with Crippen molar-refractivity contribution < 1.29 is 17.9 Å². The van der Waals surface area contributed by atoms with Gasteiger partial charge in [0.15, 0.2) is 0 Å². The minimum atomic E-state index is -3.67. The summed E-state index contributed by atoms with van der Waals surface area (Å²) < 4.78 is 33.6. The highest BCUT2D eigenvalue weighted by Gasteiger charge is 2.59. The molecule has 4 rings (SSSR count). The number of nitrogens with one attached hydrogen (secondary N) is 1. The predicted octanol–water partition coefficient (Wildman–Crippen LogP) is 3.60. The van der Waals surface area contributed by atoms with Gasteiger partial charge in [-0.05, 0) is 60.1 Å². The quantitative estimate of drug-likeness (QED) is 0.721. The van der Waals surface area contributed by atoms with Gasteiger partial charge in [0.1, 0.15) is 0 Å². The number of sulfonamides is 1. The zero-order chi connectivity index (χ0) is 22.4. The molecule has 1 aliphatic heterocycles. The van der Waals surface area contributed by atoms with Crippen molar-refractivity contribution in [2.24, 2.45) is 16.7 Å². The highest BCUT2D eigenvalue weighted by Crippen LogP contribution is 2.62. The molecule has 3 aliphatic rings. The second-order valence-corrected chi connectivity index (χ2v) is 12.3. The monoisotopic (exact) mass is 448 g/mol. The van der Waals surface area contributed by atoms with E-state index in [1.54, 1.807) is 12.1 Å². The fourth-order valence-corrected chi connectivity index (χ4v) is 7.90. The molecular formula is C24H36N2O4S. The van der Waals surface area contributed by atoms with E-state index in [0.717, 1.165) is 24.8 Å². The first-order chi connectivity index (χ1) is 14.6. The summed E-state index contributed by atoms with van der Waals surface area (Å²) in [6, 6.07) is 5.29. The van der Waals surface area contributed by atoms with Crippen molar-refractivity contribution >= 4 is 15.9 Å². The first-order valence-electron chi connectivity index (χ1n) is 11.6. The maximum Gasteiger partial charge on any atom is 0.251 e. The third-order valence-electron chi connectivity index (χ3n) is 7.98. The Morgan fingerprint density at radius 1 is 1.23 bits per heavy atom. The van der Waals surface area contributed by atoms with Gasteiger partial charge >= 0.3 is 0 Å². The summed E-state index contributed by atoms with van der Waals surface area (Å²) in [4.78, 5) is 13.6. The van der Waals surface area contributed by atoms with E-state index in [0.29, 0.717) is 44.2 Å². The van der Waals surface area contributed by atoms with Crippen LogP contribution in [0, 0.1) is 16.7 Å². The van der Waals surface area contributed by atoms with Gasteiger partial charge in [0.25, 0.3) is 5.91 Å². The molecule has 172 valence electrons. The topological polar surface area (TPSA) is 75.7 Å². The molecule has 1 unspecified atom stereocenters. The van der Waals surface area contributed by atoms with Crippen LogP contribution in [-0.2, 0) is 21.2 Å². The van der Waals surface area contributed by atoms with Crippen molar-refractivity contribution in [1.29, 1.82) is 0 Å². The molecule has 1 saturated heterocycles. The summed E-state index contributed by atoms with van der Waals surface area (Å²) in [6.07, 6.45) is 5.02. The fraction of sp³-hybridized carbons (Fsp3) is 0.708. The van der Waals surface area contributed by atoms with Crippen LogP contribution in [0.3, 0.4) is 0 Å². The van der Waals surface area contributed by atoms with Gasteiger partial charge in [0.2, 0.25) is 10.0 Å². The molecule has 6 nitrogen and oxygen atoms in total. The minimum absolute atomic E-state index is 0.0491. The van der Waals surface area contributed by atoms with Crippen LogP contribution in [0.1, 0.15) is 69.3 Å². The van der Waals surface area contributed by atoms with Gasteiger partial charge in [-0.1, -0.05) is 40.2 Å². The Balaban J connectivity index is 1.63. The number of carbonyl (C=O) groups is 1. The molecule has 1 heterocycles. The van der Waals surface area contributed by atoms with Crippen LogP contribution in [-0.4, -0.2) is 51.0 Å². The highest BCUT2D eigenvalue weighted by molar-refractivity contribution is 7.89. The Morgan fingerprint density at radius 2 is 1.94 bits per heavy atom. The van der Waals surface area contributed by atoms with Crippen molar-refractivity contribution in [3.05, 3.63) is 29.3 Å². The van der Waals surface area contributed by atoms with E-state index in [2.05, 4.69) is 26.1 Å². The number of ether oxygens (including phenoxy) is 1. The summed E-state index contributed by atoms with van der Waals surface area (Å²) in [7, 11) is -3.67. The van der Waals surface area contributed by atoms with Crippen molar-refractivity contribution in [3.63, 3.8) is 0 Å². The lowest BCUT2D eigenvalue weighted by molar-refractivity contribution is 0.0728. The number of rotatable bonds is 6. The van der Waals surface area contributed by atoms with Crippen LogP contribution in [0.2, 0.25) is 0 Å². The Labute approximate surface area is 186 Å². The summed E-state index contributed by atoms with van der Waals surface area (Å²) in [5.74, 6) is 0.459. The van der Waals surface area contributed by atoms with Gasteiger partial charge in [-0.2, -0.15) is 4.31 Å². The van der Waals surface area contributed by atoms with Crippen molar-refractivity contribution in [3.8, 4) is 0 Å². The number of nitrogens with zero attached hydrogens (tertiary/aromatic N) is 1. The Bertz CT molecular complexity index is 948. The number of hydrogen-bond acceptors (Lipinski definition) is 4. The van der Waals surface area contributed by atoms with E-state index in [-0.39, 0.29) is 27.7 Å². The average Bonchev–Trinajstić information content (AvgIpc) is 3.23. The molecular weight excluding hydrogens is 412 g/mol. The third-order valence-corrected chi connectivity index (χ3v) is 9.96. The summed E-state index contributed by atoms with van der Waals surface area (Å²) in [5.41, 5.74) is 1.37. The van der Waals surface area contributed by atoms with Crippen LogP contribution in [0.25, 0.3) is 0 Å². The van der Waals surface area contributed by atoms with E-state index in [4.69, 9.17) is 4.74 Å². The van der Waals surface area contributed by atoms with Crippen molar-refractivity contribution in [2.45, 2.75) is 70.7 Å². The van der Waals surface area contributed by atoms with Crippen molar-refractivity contribution in [1.82, 2.24) is 9.62 Å². The number of amides is 1. The molecule has 3 fully saturated rings. The van der Waals surface area contributed by atoms with Gasteiger partial charge in [-0.25, -0.2) is 8.42 Å². The molecule has 31 heavy (non-hydrogen) atoms. The molecule has 2 aliphatic carbocycles. The van der Waals surface area contributed by atoms with Crippen LogP contribution in [0.5, 0.6) is 0 Å². The zero-order valence-electron chi connectivity index (χ0n) is 19.2. The second-order valence-electron chi connectivity index (χ2n) is 10.4. The predicted molar refractivity (Wildman–Crippen MR) is 120 cm³/mol. The van der Waals surface area contributed by atoms with E-state index in [1.165, 1.54) is 10.7 Å². The largest absolute Gasteiger partial charge is 0.379 e. The number of carbonyl (C=O) groups excluding carboxylic acids is 1. The molecule has 0 spiro atoms. The summed E-state index contributed by atoms with van der Waals surface area (Å²) in [5, 5.41) is 3.30. The lowest BCUT2D eigenvalue weighted by atomic mass is 9.68. The normalized spacial score (nSPS) is 30.5. The third kappa shape index (κ3) is 3.93.